The number of hydrogen-bond acceptors (Lipinski definition) is 3. The Morgan fingerprint density at radius 2 is 2.00 bits per heavy atom. The van der Waals surface area contributed by atoms with Crippen LogP contribution in [0.5, 0.6) is 0 Å². The monoisotopic (exact) mass is 301 g/mol. The quantitative estimate of drug-likeness (QED) is 0.633. The molecule has 0 saturated carbocycles. The summed E-state index contributed by atoms with van der Waals surface area (Å²) in [5, 5.41) is 0. The van der Waals surface area contributed by atoms with E-state index in [0.29, 0.717) is 0 Å². The molecule has 0 N–H and O–H groups in total. The summed E-state index contributed by atoms with van der Waals surface area (Å²) in [6.45, 7) is 1.41. The van der Waals surface area contributed by atoms with Gasteiger partial charge in [0.25, 0.3) is 6.43 Å². The largest absolute Gasteiger partial charge is 0.466 e. The second-order valence-corrected chi connectivity index (χ2v) is 3.64. The molecule has 3 nitrogen and oxygen atoms in total. The molecule has 0 spiro atoms. The molecule has 112 valence electrons. The Bertz CT molecular complexity index is 500. The number of ether oxygens (including phenoxy) is 1. The summed E-state index contributed by atoms with van der Waals surface area (Å²) in [5.41, 5.74) is -3.96. The number of carbonyl (C=O) groups excluding carboxylic acids is 1. The molecule has 1 heterocycles. The van der Waals surface area contributed by atoms with Gasteiger partial charge in [0.2, 0.25) is 0 Å². The number of nitrogens with zero attached hydrogens (tertiary/aromatic N) is 1. The topological polar surface area (TPSA) is 39.2 Å². The fourth-order valence-corrected chi connectivity index (χ4v) is 1.44. The van der Waals surface area contributed by atoms with Gasteiger partial charge in [0.1, 0.15) is 5.69 Å². The van der Waals surface area contributed by atoms with Gasteiger partial charge < -0.3 is 4.74 Å². The zero-order chi connectivity index (χ0) is 15.5. The number of carbonyl (C=O) groups is 1. The molecule has 0 unspecified atom stereocenters. The van der Waals surface area contributed by atoms with Gasteiger partial charge in [0.15, 0.2) is 11.5 Å². The van der Waals surface area contributed by atoms with Crippen LogP contribution in [0.2, 0.25) is 0 Å². The van der Waals surface area contributed by atoms with Gasteiger partial charge in [-0.25, -0.2) is 18.2 Å². The summed E-state index contributed by atoms with van der Waals surface area (Å²) in [4.78, 5) is 13.7. The molecule has 0 atom stereocenters. The molecular formula is C11H9F6NO2. The van der Waals surface area contributed by atoms with E-state index in [9.17, 15) is 31.1 Å². The minimum absolute atomic E-state index is 0.0423. The highest BCUT2D eigenvalue weighted by Crippen LogP contribution is 2.33. The highest BCUT2D eigenvalue weighted by atomic mass is 19.4. The summed E-state index contributed by atoms with van der Waals surface area (Å²) in [7, 11) is 0. The zero-order valence-electron chi connectivity index (χ0n) is 10.1. The maximum Gasteiger partial charge on any atom is 0.436 e. The van der Waals surface area contributed by atoms with E-state index in [1.54, 1.807) is 0 Å². The molecule has 1 aromatic rings. The third kappa shape index (κ3) is 3.84. The van der Waals surface area contributed by atoms with Crippen LogP contribution >= 0.6 is 0 Å². The van der Waals surface area contributed by atoms with Crippen LogP contribution in [0, 0.1) is 5.82 Å². The van der Waals surface area contributed by atoms with Gasteiger partial charge in [-0.2, -0.15) is 13.2 Å². The molecule has 0 aliphatic rings. The molecule has 0 aliphatic heterocycles. The maximum absolute atomic E-state index is 13.2. The van der Waals surface area contributed by atoms with Crippen molar-refractivity contribution in [3.8, 4) is 0 Å². The SMILES string of the molecule is CCOC(=O)Cc1cc(F)c(C(F)(F)F)nc1C(F)F. The maximum atomic E-state index is 13.2. The minimum Gasteiger partial charge on any atom is -0.466 e. The van der Waals surface area contributed by atoms with Crippen LogP contribution in [0.3, 0.4) is 0 Å². The Balaban J connectivity index is 3.25. The molecule has 0 saturated heterocycles. The smallest absolute Gasteiger partial charge is 0.436 e. The lowest BCUT2D eigenvalue weighted by atomic mass is 10.1. The number of hydrogen-bond donors (Lipinski definition) is 0. The summed E-state index contributed by atoms with van der Waals surface area (Å²) in [6.07, 6.45) is -9.35. The van der Waals surface area contributed by atoms with Crippen LogP contribution in [-0.2, 0) is 22.1 Å². The third-order valence-corrected chi connectivity index (χ3v) is 2.20. The molecule has 1 rings (SSSR count). The first-order valence-electron chi connectivity index (χ1n) is 5.37. The molecule has 0 radical (unpaired) electrons. The normalized spacial score (nSPS) is 11.8. The van der Waals surface area contributed by atoms with Gasteiger partial charge in [-0.3, -0.25) is 4.79 Å². The first kappa shape index (κ1) is 16.3. The van der Waals surface area contributed by atoms with Crippen molar-refractivity contribution in [1.29, 1.82) is 0 Å². The molecule has 20 heavy (non-hydrogen) atoms. The van der Waals surface area contributed by atoms with E-state index < -0.39 is 47.8 Å². The van der Waals surface area contributed by atoms with Gasteiger partial charge >= 0.3 is 12.1 Å². The number of pyridine rings is 1. The van der Waals surface area contributed by atoms with Gasteiger partial charge in [0.05, 0.1) is 13.0 Å². The second-order valence-electron chi connectivity index (χ2n) is 3.64. The fourth-order valence-electron chi connectivity index (χ4n) is 1.44. The first-order chi connectivity index (χ1) is 9.16. The number of esters is 1. The molecule has 0 aromatic carbocycles. The Hall–Kier alpha value is -1.80. The average Bonchev–Trinajstić information content (AvgIpc) is 2.26. The van der Waals surface area contributed by atoms with Crippen LogP contribution in [0.4, 0.5) is 26.3 Å². The number of alkyl halides is 5. The molecule has 9 heteroatoms. The molecule has 1 aromatic heterocycles. The van der Waals surface area contributed by atoms with E-state index in [4.69, 9.17) is 0 Å². The van der Waals surface area contributed by atoms with Crippen LogP contribution in [0.25, 0.3) is 0 Å². The number of aromatic nitrogens is 1. The van der Waals surface area contributed by atoms with Gasteiger partial charge in [-0.1, -0.05) is 0 Å². The van der Waals surface area contributed by atoms with E-state index in [1.165, 1.54) is 6.92 Å². The van der Waals surface area contributed by atoms with Gasteiger partial charge in [0, 0.05) is 0 Å². The van der Waals surface area contributed by atoms with Crippen LogP contribution in [0.15, 0.2) is 6.07 Å². The van der Waals surface area contributed by atoms with E-state index in [-0.39, 0.29) is 12.7 Å². The van der Waals surface area contributed by atoms with Gasteiger partial charge in [-0.05, 0) is 18.6 Å². The third-order valence-electron chi connectivity index (χ3n) is 2.20. The summed E-state index contributed by atoms with van der Waals surface area (Å²) in [6, 6.07) is 0.230. The first-order valence-corrected chi connectivity index (χ1v) is 5.37. The van der Waals surface area contributed by atoms with Crippen molar-refractivity contribution in [2.24, 2.45) is 0 Å². The minimum atomic E-state index is -5.20. The lowest BCUT2D eigenvalue weighted by molar-refractivity contribution is -0.144. The van der Waals surface area contributed by atoms with Crippen molar-refractivity contribution in [3.05, 3.63) is 28.8 Å². The standard InChI is InChI=1S/C11H9F6NO2/c1-2-20-7(19)4-5-3-6(12)9(11(15,16)17)18-8(5)10(13)14/h3,10H,2,4H2,1H3. The molecule has 0 aliphatic carbocycles. The van der Waals surface area contributed by atoms with Crippen LogP contribution in [-0.4, -0.2) is 17.6 Å². The van der Waals surface area contributed by atoms with Crippen molar-refractivity contribution in [1.82, 2.24) is 4.98 Å². The van der Waals surface area contributed by atoms with Crippen LogP contribution < -0.4 is 0 Å². The predicted molar refractivity (Wildman–Crippen MR) is 54.5 cm³/mol. The van der Waals surface area contributed by atoms with Crippen molar-refractivity contribution in [2.45, 2.75) is 25.9 Å². The van der Waals surface area contributed by atoms with Crippen molar-refractivity contribution >= 4 is 5.97 Å². The van der Waals surface area contributed by atoms with E-state index in [1.807, 2.05) is 0 Å². The molecular weight excluding hydrogens is 292 g/mol. The van der Waals surface area contributed by atoms with Crippen molar-refractivity contribution in [2.75, 3.05) is 6.61 Å². The number of halogens is 6. The second kappa shape index (κ2) is 6.10. The lowest BCUT2D eigenvalue weighted by Gasteiger charge is -2.12. The average molecular weight is 301 g/mol. The summed E-state index contributed by atoms with van der Waals surface area (Å²) >= 11 is 0. The molecule has 0 bridgehead atoms. The zero-order valence-corrected chi connectivity index (χ0v) is 10.1. The summed E-state index contributed by atoms with van der Waals surface area (Å²) < 4.78 is 80.1. The van der Waals surface area contributed by atoms with E-state index in [0.717, 1.165) is 0 Å². The van der Waals surface area contributed by atoms with Crippen molar-refractivity contribution in [3.63, 3.8) is 0 Å². The van der Waals surface area contributed by atoms with Crippen molar-refractivity contribution < 1.29 is 35.9 Å². The fraction of sp³-hybridized carbons (Fsp3) is 0.455. The highest BCUT2D eigenvalue weighted by molar-refractivity contribution is 5.72. The van der Waals surface area contributed by atoms with E-state index in [2.05, 4.69) is 9.72 Å². The lowest BCUT2D eigenvalue weighted by Crippen LogP contribution is -2.17. The van der Waals surface area contributed by atoms with Gasteiger partial charge in [-0.15, -0.1) is 0 Å². The van der Waals surface area contributed by atoms with E-state index >= 15 is 0 Å². The Morgan fingerprint density at radius 1 is 1.40 bits per heavy atom. The Labute approximate surface area is 109 Å². The predicted octanol–water partition coefficient (Wildman–Crippen LogP) is 3.28. The highest BCUT2D eigenvalue weighted by Gasteiger charge is 2.38. The van der Waals surface area contributed by atoms with Crippen LogP contribution in [0.1, 0.15) is 30.3 Å². The molecule has 0 fully saturated rings. The Kier molecular flexibility index (Phi) is 4.96. The molecule has 0 amide bonds. The summed E-state index contributed by atoms with van der Waals surface area (Å²) in [5.74, 6) is -2.78. The Morgan fingerprint density at radius 3 is 2.45 bits per heavy atom. The number of rotatable bonds is 4.